The smallest absolute Gasteiger partial charge is 0.199 e. The molecule has 6 aromatic carbocycles. The topological polar surface area (TPSA) is 19.0 Å². The average Bonchev–Trinajstić information content (AvgIpc) is 4.02. The van der Waals surface area contributed by atoms with Crippen LogP contribution in [0.2, 0.25) is 0 Å². The molecule has 6 unspecified atom stereocenters. The second kappa shape index (κ2) is 11.7. The zero-order valence-corrected chi connectivity index (χ0v) is 39.6. The summed E-state index contributed by atoms with van der Waals surface area (Å²) in [7, 11) is 0.920. The Morgan fingerprint density at radius 1 is 0.615 bits per heavy atom. The van der Waals surface area contributed by atoms with Crippen molar-refractivity contribution in [3.8, 4) is 11.1 Å². The molecular weight excluding hydrogens is 784 g/mol. The molecule has 2 nitrogen and oxygen atoms in total. The lowest BCUT2D eigenvalue weighted by Gasteiger charge is -2.65. The Morgan fingerprint density at radius 3 is 2.18 bits per heavy atom. The molecule has 8 fully saturated rings. The molecule has 3 heteroatoms. The van der Waals surface area contributed by atoms with Crippen molar-refractivity contribution in [2.24, 2.45) is 40.9 Å². The molecule has 2 heterocycles. The zero-order chi connectivity index (χ0) is 43.3. The van der Waals surface area contributed by atoms with E-state index in [0.29, 0.717) is 16.2 Å². The Hall–Kier alpha value is -4.76. The molecule has 0 amide bonds. The summed E-state index contributed by atoms with van der Waals surface area (Å²) >= 11 is 0. The van der Waals surface area contributed by atoms with E-state index in [9.17, 15) is 0 Å². The molecule has 3 bridgehead atoms. The van der Waals surface area contributed by atoms with E-state index in [2.05, 4.69) is 142 Å². The van der Waals surface area contributed by atoms with Gasteiger partial charge in [0, 0.05) is 44.3 Å². The molecule has 65 heavy (non-hydrogen) atoms. The molecule has 0 radical (unpaired) electrons. The van der Waals surface area contributed by atoms with Crippen LogP contribution in [0.3, 0.4) is 0 Å². The molecular formula is C62H63BN2. The molecule has 324 valence electrons. The van der Waals surface area contributed by atoms with Gasteiger partial charge in [-0.1, -0.05) is 76.2 Å². The van der Waals surface area contributed by atoms with Crippen LogP contribution in [-0.2, 0) is 21.7 Å². The van der Waals surface area contributed by atoms with Gasteiger partial charge in [0.05, 0.1) is 5.52 Å². The first kappa shape index (κ1) is 37.3. The molecule has 10 aliphatic rings. The Kier molecular flexibility index (Phi) is 6.70. The van der Waals surface area contributed by atoms with Gasteiger partial charge in [-0.2, -0.15) is 0 Å². The number of nitrogens with one attached hydrogen (secondary N) is 1. The third-order valence-corrected chi connectivity index (χ3v) is 22.0. The van der Waals surface area contributed by atoms with E-state index >= 15 is 0 Å². The highest BCUT2D eigenvalue weighted by molar-refractivity contribution is 6.75. The number of hydrogen-bond donors (Lipinski definition) is 1. The minimum Gasteiger partial charge on any atom is -0.354 e. The fourth-order valence-electron chi connectivity index (χ4n) is 19.0. The third kappa shape index (κ3) is 4.35. The highest BCUT2D eigenvalue weighted by atomic mass is 15.2. The Morgan fingerprint density at radius 2 is 1.40 bits per heavy atom. The average molecular weight is 847 g/mol. The van der Waals surface area contributed by atoms with E-state index < -0.39 is 0 Å². The largest absolute Gasteiger partial charge is 0.354 e. The number of aromatic amines is 1. The van der Waals surface area contributed by atoms with Gasteiger partial charge in [0.1, 0.15) is 0 Å². The minimum atomic E-state index is 0.119. The van der Waals surface area contributed by atoms with E-state index in [-0.39, 0.29) is 10.8 Å². The molecule has 9 aliphatic carbocycles. The van der Waals surface area contributed by atoms with Gasteiger partial charge in [-0.25, -0.2) is 0 Å². The molecule has 1 aliphatic heterocycles. The summed E-state index contributed by atoms with van der Waals surface area (Å²) in [5, 5.41) is 5.68. The second-order valence-electron chi connectivity index (χ2n) is 25.6. The highest BCUT2D eigenvalue weighted by Gasteiger charge is 2.76. The van der Waals surface area contributed by atoms with Gasteiger partial charge in [-0.3, -0.25) is 0 Å². The van der Waals surface area contributed by atoms with Crippen molar-refractivity contribution in [3.63, 3.8) is 0 Å². The first-order chi connectivity index (χ1) is 31.3. The van der Waals surface area contributed by atoms with Crippen molar-refractivity contribution in [1.29, 1.82) is 0 Å². The van der Waals surface area contributed by atoms with Crippen molar-refractivity contribution in [2.45, 2.75) is 134 Å². The summed E-state index contributed by atoms with van der Waals surface area (Å²) in [5.41, 5.74) is 23.4. The summed E-state index contributed by atoms with van der Waals surface area (Å²) in [6.45, 7) is 14.7. The standard InChI is InChI=1S/C62H63BN2/c1-33-19-45(56-54(20-33)65(52-16-11-35-9-7-8-10-43(35)55(52)63-56)53-28-49-48(21-34(53)2)58(3,4)17-18-59(49,5)6)47-27-41(62-38-12-13-39(62)24-40(62)23-38)26-46-44-25-37(14-15-51(44)64-57(46)47)60-30-42-22-36-29-61(42,32-60)50(36)31-60/h7-11,14-16,19-21,25-28,36,38-40,42,50,63-64H,12-13,17-18,22-24,29-32H2,1-6H3/t36?,38?,39?,40?,42?,50?,60?,61-,62?/m1/s1. The third-order valence-electron chi connectivity index (χ3n) is 22.0. The monoisotopic (exact) mass is 847 g/mol. The quantitative estimate of drug-likeness (QED) is 0.175. The van der Waals surface area contributed by atoms with Gasteiger partial charge in [0.25, 0.3) is 0 Å². The lowest BCUT2D eigenvalue weighted by atomic mass is 9.39. The summed E-state index contributed by atoms with van der Waals surface area (Å²) < 4.78 is 0. The first-order valence-electron chi connectivity index (χ1n) is 26.1. The van der Waals surface area contributed by atoms with Crippen molar-refractivity contribution in [2.75, 3.05) is 4.90 Å². The van der Waals surface area contributed by atoms with Crippen LogP contribution in [0.15, 0.2) is 91.0 Å². The number of aryl methyl sites for hydroxylation is 2. The fourth-order valence-corrected chi connectivity index (χ4v) is 19.0. The number of H-pyrrole nitrogens is 1. The maximum Gasteiger partial charge on any atom is 0.199 e. The number of fused-ring (bicyclic) bond motifs is 9. The van der Waals surface area contributed by atoms with Crippen LogP contribution in [-0.4, -0.2) is 12.3 Å². The fraction of sp³-hybridized carbons (Fsp3) is 0.452. The summed E-state index contributed by atoms with van der Waals surface area (Å²) in [6, 6.07) is 37.6. The van der Waals surface area contributed by atoms with E-state index in [1.807, 2.05) is 0 Å². The lowest BCUT2D eigenvalue weighted by molar-refractivity contribution is -0.0834. The van der Waals surface area contributed by atoms with Gasteiger partial charge in [-0.15, -0.1) is 0 Å². The van der Waals surface area contributed by atoms with Crippen molar-refractivity contribution in [3.05, 3.63) is 124 Å². The van der Waals surface area contributed by atoms with Crippen molar-refractivity contribution < 1.29 is 0 Å². The Labute approximate surface area is 386 Å². The van der Waals surface area contributed by atoms with Gasteiger partial charge < -0.3 is 9.88 Å². The van der Waals surface area contributed by atoms with E-state index in [0.717, 1.165) is 42.8 Å². The molecule has 7 aromatic rings. The van der Waals surface area contributed by atoms with Crippen molar-refractivity contribution >= 4 is 67.8 Å². The second-order valence-corrected chi connectivity index (χ2v) is 25.6. The van der Waals surface area contributed by atoms with Crippen LogP contribution in [0.5, 0.6) is 0 Å². The lowest BCUT2D eigenvalue weighted by Crippen LogP contribution is -2.61. The van der Waals surface area contributed by atoms with Gasteiger partial charge in [-0.05, 0) is 245 Å². The number of rotatable bonds is 4. The zero-order valence-electron chi connectivity index (χ0n) is 39.6. The van der Waals surface area contributed by atoms with E-state index in [1.165, 1.54) is 153 Å². The number of benzene rings is 6. The van der Waals surface area contributed by atoms with Gasteiger partial charge in [0.15, 0.2) is 7.28 Å². The van der Waals surface area contributed by atoms with Crippen LogP contribution in [0, 0.1) is 54.8 Å². The normalized spacial score (nSPS) is 34.2. The molecule has 1 N–H and O–H groups in total. The molecule has 1 spiro atoms. The molecule has 0 saturated heterocycles. The number of aromatic nitrogens is 1. The van der Waals surface area contributed by atoms with Gasteiger partial charge in [0.2, 0.25) is 0 Å². The molecule has 7 atom stereocenters. The van der Waals surface area contributed by atoms with Gasteiger partial charge >= 0.3 is 0 Å². The highest BCUT2D eigenvalue weighted by Crippen LogP contribution is 2.83. The summed E-state index contributed by atoms with van der Waals surface area (Å²) in [4.78, 5) is 6.91. The first-order valence-corrected chi connectivity index (χ1v) is 26.1. The Balaban J connectivity index is 0.950. The van der Waals surface area contributed by atoms with Crippen LogP contribution >= 0.6 is 0 Å². The minimum absolute atomic E-state index is 0.119. The molecule has 8 saturated carbocycles. The summed E-state index contributed by atoms with van der Waals surface area (Å²) in [6.07, 6.45) is 15.6. The van der Waals surface area contributed by atoms with Crippen LogP contribution in [0.4, 0.5) is 17.1 Å². The predicted octanol–water partition coefficient (Wildman–Crippen LogP) is 14.0. The van der Waals surface area contributed by atoms with Crippen LogP contribution < -0.4 is 15.8 Å². The number of hydrogen-bond acceptors (Lipinski definition) is 1. The summed E-state index contributed by atoms with van der Waals surface area (Å²) in [5.74, 6) is 5.61. The van der Waals surface area contributed by atoms with E-state index in [4.69, 9.17) is 0 Å². The number of nitrogens with zero attached hydrogens (tertiary/aromatic N) is 1. The molecule has 17 rings (SSSR count). The number of anilines is 3. The van der Waals surface area contributed by atoms with Crippen LogP contribution in [0.25, 0.3) is 43.7 Å². The molecule has 1 aromatic heterocycles. The Bertz CT molecular complexity index is 3310. The maximum atomic E-state index is 4.20. The van der Waals surface area contributed by atoms with Crippen molar-refractivity contribution in [1.82, 2.24) is 4.98 Å². The SMILES string of the molecule is Cc1cc(-c2cc(C34C5CCC3CC4C5)cc3c2[nH]c2ccc(C45CC6CC7C[C@]6(C4)C7C5)cc23)c2c(c1)N(c1cc3c(cc1C)C(C)(C)CCC3(C)C)c1ccc3ccccc3c1B2. The van der Waals surface area contributed by atoms with E-state index in [1.54, 1.807) is 23.1 Å². The predicted molar refractivity (Wildman–Crippen MR) is 273 cm³/mol. The van der Waals surface area contributed by atoms with Crippen LogP contribution in [0.1, 0.15) is 132 Å². The maximum absolute atomic E-state index is 4.20.